The lowest BCUT2D eigenvalue weighted by Gasteiger charge is -2.14. The molecule has 106 valence electrons. The maximum absolute atomic E-state index is 10.6. The summed E-state index contributed by atoms with van der Waals surface area (Å²) in [6, 6.07) is 5.43. The van der Waals surface area contributed by atoms with E-state index in [9.17, 15) is 4.79 Å². The number of benzene rings is 1. The Kier molecular flexibility index (Phi) is 6.70. The number of hydrogen-bond donors (Lipinski definition) is 2. The molecule has 0 atom stereocenters. The number of methoxy groups -OCH3 is 2. The van der Waals surface area contributed by atoms with Crippen molar-refractivity contribution in [2.24, 2.45) is 0 Å². The summed E-state index contributed by atoms with van der Waals surface area (Å²) in [6.07, 6.45) is 0. The van der Waals surface area contributed by atoms with Crippen LogP contribution < -0.4 is 14.8 Å². The Bertz CT molecular complexity index is 408. The average Bonchev–Trinajstić information content (AvgIpc) is 2.41. The molecule has 0 heterocycles. The number of nitrogens with one attached hydrogen (secondary N) is 1. The van der Waals surface area contributed by atoms with Gasteiger partial charge in [0.25, 0.3) is 0 Å². The fraction of sp³-hybridized carbons (Fsp3) is 0.462. The summed E-state index contributed by atoms with van der Waals surface area (Å²) in [5, 5.41) is 11.9. The van der Waals surface area contributed by atoms with Gasteiger partial charge in [-0.25, -0.2) is 4.79 Å². The minimum Gasteiger partial charge on any atom is -0.493 e. The summed E-state index contributed by atoms with van der Waals surface area (Å²) in [6.45, 7) is 1.46. The van der Waals surface area contributed by atoms with Crippen LogP contribution in [0.15, 0.2) is 18.2 Å². The zero-order chi connectivity index (χ0) is 14.1. The highest BCUT2D eigenvalue weighted by atomic mass is 16.5. The monoisotopic (exact) mass is 269 g/mol. The van der Waals surface area contributed by atoms with Gasteiger partial charge in [-0.05, 0) is 6.07 Å². The summed E-state index contributed by atoms with van der Waals surface area (Å²) < 4.78 is 15.4. The van der Waals surface area contributed by atoms with Gasteiger partial charge < -0.3 is 24.6 Å². The first-order valence-corrected chi connectivity index (χ1v) is 5.89. The second-order valence-electron chi connectivity index (χ2n) is 3.80. The van der Waals surface area contributed by atoms with Gasteiger partial charge in [-0.3, -0.25) is 0 Å². The number of carbonyl (C=O) groups is 1. The van der Waals surface area contributed by atoms with Crippen LogP contribution in [-0.2, 0) is 16.1 Å². The summed E-state index contributed by atoms with van der Waals surface area (Å²) in [5.41, 5.74) is 0.844. The highest BCUT2D eigenvalue weighted by molar-refractivity contribution is 5.68. The standard InChI is InChI=1S/C13H19NO5/c1-17-7-6-14-8-10-4-3-5-11(18-2)13(10)19-9-12(15)16/h3-5,14H,6-9H2,1-2H3,(H,15,16). The largest absolute Gasteiger partial charge is 0.493 e. The molecule has 0 fully saturated rings. The molecule has 1 aromatic rings. The first kappa shape index (κ1) is 15.3. The summed E-state index contributed by atoms with van der Waals surface area (Å²) in [5.74, 6) is -0.0474. The lowest BCUT2D eigenvalue weighted by molar-refractivity contribution is -0.139. The van der Waals surface area contributed by atoms with Gasteiger partial charge in [-0.2, -0.15) is 0 Å². The van der Waals surface area contributed by atoms with Crippen molar-refractivity contribution in [2.45, 2.75) is 6.54 Å². The second-order valence-corrected chi connectivity index (χ2v) is 3.80. The first-order valence-electron chi connectivity index (χ1n) is 5.89. The third kappa shape index (κ3) is 5.15. The minimum atomic E-state index is -1.02. The third-order valence-corrected chi connectivity index (χ3v) is 2.42. The van der Waals surface area contributed by atoms with Gasteiger partial charge in [-0.15, -0.1) is 0 Å². The van der Waals surface area contributed by atoms with E-state index >= 15 is 0 Å². The molecule has 1 rings (SSSR count). The van der Waals surface area contributed by atoms with Gasteiger partial charge in [-0.1, -0.05) is 12.1 Å². The molecule has 0 aliphatic carbocycles. The highest BCUT2D eigenvalue weighted by Crippen LogP contribution is 2.30. The van der Waals surface area contributed by atoms with E-state index in [0.717, 1.165) is 5.56 Å². The van der Waals surface area contributed by atoms with E-state index in [1.54, 1.807) is 13.2 Å². The van der Waals surface area contributed by atoms with Crippen LogP contribution in [0.3, 0.4) is 0 Å². The van der Waals surface area contributed by atoms with Crippen molar-refractivity contribution in [1.82, 2.24) is 5.32 Å². The maximum Gasteiger partial charge on any atom is 0.341 e. The highest BCUT2D eigenvalue weighted by Gasteiger charge is 2.11. The Morgan fingerprint density at radius 2 is 2.16 bits per heavy atom. The van der Waals surface area contributed by atoms with Crippen molar-refractivity contribution in [2.75, 3.05) is 34.0 Å². The van der Waals surface area contributed by atoms with Gasteiger partial charge in [0.1, 0.15) is 0 Å². The minimum absolute atomic E-state index is 0.397. The predicted molar refractivity (Wildman–Crippen MR) is 69.7 cm³/mol. The molecular formula is C13H19NO5. The van der Waals surface area contributed by atoms with Crippen molar-refractivity contribution in [3.63, 3.8) is 0 Å². The molecule has 19 heavy (non-hydrogen) atoms. The number of carboxylic acid groups (broad SMARTS) is 1. The van der Waals surface area contributed by atoms with Gasteiger partial charge in [0.2, 0.25) is 0 Å². The smallest absolute Gasteiger partial charge is 0.341 e. The number of ether oxygens (including phenoxy) is 3. The van der Waals surface area contributed by atoms with Crippen molar-refractivity contribution >= 4 is 5.97 Å². The number of carboxylic acids is 1. The molecule has 0 spiro atoms. The van der Waals surface area contributed by atoms with Gasteiger partial charge in [0, 0.05) is 25.8 Å². The second kappa shape index (κ2) is 8.34. The zero-order valence-corrected chi connectivity index (χ0v) is 11.1. The quantitative estimate of drug-likeness (QED) is 0.648. The molecule has 0 saturated heterocycles. The molecule has 0 bridgehead atoms. The molecule has 1 aromatic carbocycles. The molecule has 0 amide bonds. The molecular weight excluding hydrogens is 250 g/mol. The molecule has 0 aliphatic heterocycles. The van der Waals surface area contributed by atoms with E-state index < -0.39 is 12.6 Å². The molecule has 2 N–H and O–H groups in total. The van der Waals surface area contributed by atoms with E-state index in [4.69, 9.17) is 19.3 Å². The Morgan fingerprint density at radius 1 is 1.37 bits per heavy atom. The van der Waals surface area contributed by atoms with Crippen LogP contribution in [-0.4, -0.2) is 45.1 Å². The number of aliphatic carboxylic acids is 1. The Labute approximate surface area is 112 Å². The summed E-state index contributed by atoms with van der Waals surface area (Å²) in [4.78, 5) is 10.6. The summed E-state index contributed by atoms with van der Waals surface area (Å²) in [7, 11) is 3.15. The van der Waals surface area contributed by atoms with E-state index in [1.807, 2.05) is 12.1 Å². The molecule has 6 heteroatoms. The van der Waals surface area contributed by atoms with Crippen LogP contribution in [0.4, 0.5) is 0 Å². The fourth-order valence-corrected chi connectivity index (χ4v) is 1.56. The average molecular weight is 269 g/mol. The molecule has 0 aliphatic rings. The topological polar surface area (TPSA) is 77.0 Å². The van der Waals surface area contributed by atoms with Crippen LogP contribution >= 0.6 is 0 Å². The number of para-hydroxylation sites is 1. The molecule has 0 saturated carbocycles. The molecule has 0 aromatic heterocycles. The van der Waals surface area contributed by atoms with E-state index in [2.05, 4.69) is 5.32 Å². The van der Waals surface area contributed by atoms with Crippen LogP contribution in [0.1, 0.15) is 5.56 Å². The number of hydrogen-bond acceptors (Lipinski definition) is 5. The summed E-state index contributed by atoms with van der Waals surface area (Å²) >= 11 is 0. The van der Waals surface area contributed by atoms with Gasteiger partial charge >= 0.3 is 5.97 Å². The third-order valence-electron chi connectivity index (χ3n) is 2.42. The lowest BCUT2D eigenvalue weighted by atomic mass is 10.2. The molecule has 0 unspecified atom stereocenters. The Morgan fingerprint density at radius 3 is 2.79 bits per heavy atom. The Balaban J connectivity index is 2.73. The lowest BCUT2D eigenvalue weighted by Crippen LogP contribution is -2.19. The van der Waals surface area contributed by atoms with Crippen LogP contribution in [0.2, 0.25) is 0 Å². The maximum atomic E-state index is 10.6. The predicted octanol–water partition coefficient (Wildman–Crippen LogP) is 0.895. The van der Waals surface area contributed by atoms with Crippen molar-refractivity contribution < 1.29 is 24.1 Å². The molecule has 6 nitrogen and oxygen atoms in total. The number of rotatable bonds is 9. The van der Waals surface area contributed by atoms with Crippen molar-refractivity contribution in [1.29, 1.82) is 0 Å². The van der Waals surface area contributed by atoms with Gasteiger partial charge in [0.15, 0.2) is 18.1 Å². The Hall–Kier alpha value is -1.79. The van der Waals surface area contributed by atoms with Crippen LogP contribution in [0.25, 0.3) is 0 Å². The SMILES string of the molecule is COCCNCc1cccc(OC)c1OCC(=O)O. The van der Waals surface area contributed by atoms with Crippen LogP contribution in [0.5, 0.6) is 11.5 Å². The van der Waals surface area contributed by atoms with Crippen molar-refractivity contribution in [3.8, 4) is 11.5 Å². The first-order chi connectivity index (χ1) is 9.19. The normalized spacial score (nSPS) is 10.2. The van der Waals surface area contributed by atoms with E-state index in [1.165, 1.54) is 7.11 Å². The van der Waals surface area contributed by atoms with Crippen molar-refractivity contribution in [3.05, 3.63) is 23.8 Å². The zero-order valence-electron chi connectivity index (χ0n) is 11.1. The molecule has 0 radical (unpaired) electrons. The van der Waals surface area contributed by atoms with Crippen LogP contribution in [0, 0.1) is 0 Å². The van der Waals surface area contributed by atoms with E-state index in [0.29, 0.717) is 31.2 Å². The fourth-order valence-electron chi connectivity index (χ4n) is 1.56. The van der Waals surface area contributed by atoms with E-state index in [-0.39, 0.29) is 0 Å². The van der Waals surface area contributed by atoms with Gasteiger partial charge in [0.05, 0.1) is 13.7 Å².